The zero-order valence-corrected chi connectivity index (χ0v) is 13.2. The van der Waals surface area contributed by atoms with Crippen LogP contribution in [0.1, 0.15) is 30.3 Å². The predicted molar refractivity (Wildman–Crippen MR) is 81.5 cm³/mol. The molecule has 0 aliphatic rings. The number of benzene rings is 1. The Kier molecular flexibility index (Phi) is 4.40. The van der Waals surface area contributed by atoms with E-state index in [9.17, 15) is 4.39 Å². The molecule has 1 heterocycles. The van der Waals surface area contributed by atoms with Crippen LogP contribution in [0.2, 0.25) is 0 Å². The van der Waals surface area contributed by atoms with Crippen molar-refractivity contribution in [3.8, 4) is 0 Å². The predicted octanol–water partition coefficient (Wildman–Crippen LogP) is 4.13. The fourth-order valence-corrected chi connectivity index (χ4v) is 4.02. The summed E-state index contributed by atoms with van der Waals surface area (Å²) >= 11 is 5.18. The van der Waals surface area contributed by atoms with Crippen LogP contribution in [0, 0.1) is 5.82 Å². The highest BCUT2D eigenvalue weighted by Gasteiger charge is 2.33. The molecule has 1 unspecified atom stereocenters. The molecule has 0 radical (unpaired) electrons. The summed E-state index contributed by atoms with van der Waals surface area (Å²) in [5.74, 6) is 5.52. The molecule has 2 nitrogen and oxygen atoms in total. The summed E-state index contributed by atoms with van der Waals surface area (Å²) in [6.45, 7) is 4.19. The Morgan fingerprint density at radius 1 is 1.26 bits per heavy atom. The Balaban J connectivity index is 2.41. The van der Waals surface area contributed by atoms with Crippen LogP contribution in [-0.2, 0) is 5.41 Å². The molecule has 102 valence electrons. The Labute approximate surface area is 124 Å². The molecule has 1 aromatic heterocycles. The van der Waals surface area contributed by atoms with Gasteiger partial charge < -0.3 is 0 Å². The van der Waals surface area contributed by atoms with E-state index in [4.69, 9.17) is 5.84 Å². The van der Waals surface area contributed by atoms with E-state index < -0.39 is 0 Å². The van der Waals surface area contributed by atoms with Crippen molar-refractivity contribution in [2.45, 2.75) is 25.3 Å². The zero-order chi connectivity index (χ0) is 14.0. The Morgan fingerprint density at radius 2 is 1.89 bits per heavy atom. The summed E-state index contributed by atoms with van der Waals surface area (Å²) < 4.78 is 14.1. The minimum absolute atomic E-state index is 0.0488. The molecule has 0 spiro atoms. The first-order valence-corrected chi connectivity index (χ1v) is 7.59. The highest BCUT2D eigenvalue weighted by molar-refractivity contribution is 9.10. The minimum Gasteiger partial charge on any atom is -0.271 e. The molecule has 0 saturated carbocycles. The van der Waals surface area contributed by atoms with Crippen molar-refractivity contribution >= 4 is 27.3 Å². The van der Waals surface area contributed by atoms with Gasteiger partial charge in [0, 0.05) is 14.8 Å². The van der Waals surface area contributed by atoms with Crippen LogP contribution < -0.4 is 11.3 Å². The fourth-order valence-electron chi connectivity index (χ4n) is 2.17. The van der Waals surface area contributed by atoms with Crippen molar-refractivity contribution in [1.82, 2.24) is 5.43 Å². The molecule has 0 amide bonds. The van der Waals surface area contributed by atoms with Crippen molar-refractivity contribution in [2.24, 2.45) is 5.84 Å². The fraction of sp³-hybridized carbons (Fsp3) is 0.286. The monoisotopic (exact) mass is 342 g/mol. The van der Waals surface area contributed by atoms with E-state index in [1.54, 1.807) is 23.5 Å². The molecule has 0 bridgehead atoms. The second kappa shape index (κ2) is 5.71. The van der Waals surface area contributed by atoms with E-state index in [-0.39, 0.29) is 17.3 Å². The van der Waals surface area contributed by atoms with E-state index in [0.717, 1.165) is 14.9 Å². The van der Waals surface area contributed by atoms with Gasteiger partial charge in [0.25, 0.3) is 0 Å². The first-order chi connectivity index (χ1) is 8.96. The Morgan fingerprint density at radius 3 is 2.37 bits per heavy atom. The highest BCUT2D eigenvalue weighted by Crippen LogP contribution is 2.41. The van der Waals surface area contributed by atoms with Gasteiger partial charge in [-0.1, -0.05) is 26.0 Å². The number of hydrazine groups is 1. The van der Waals surface area contributed by atoms with Gasteiger partial charge in [0.1, 0.15) is 5.82 Å². The number of thiophene rings is 1. The number of hydrogen-bond donors (Lipinski definition) is 2. The molecule has 5 heteroatoms. The number of halogens is 2. The third-order valence-corrected chi connectivity index (χ3v) is 5.32. The quantitative estimate of drug-likeness (QED) is 0.647. The molecule has 2 aromatic rings. The molecular formula is C14H16BrFN2S. The maximum atomic E-state index is 13.0. The van der Waals surface area contributed by atoms with Gasteiger partial charge in [0.15, 0.2) is 0 Å². The maximum Gasteiger partial charge on any atom is 0.123 e. The summed E-state index contributed by atoms with van der Waals surface area (Å²) in [5, 5.41) is 2.02. The molecule has 0 aliphatic heterocycles. The summed E-state index contributed by atoms with van der Waals surface area (Å²) in [6.07, 6.45) is 0. The Bertz CT molecular complexity index is 551. The molecule has 0 aliphatic carbocycles. The molecule has 19 heavy (non-hydrogen) atoms. The van der Waals surface area contributed by atoms with Crippen molar-refractivity contribution in [1.29, 1.82) is 0 Å². The van der Waals surface area contributed by atoms with Gasteiger partial charge in [-0.05, 0) is 45.1 Å². The van der Waals surface area contributed by atoms with Gasteiger partial charge in [-0.25, -0.2) is 4.39 Å². The Hall–Kier alpha value is -0.750. The number of nitrogens with two attached hydrogens (primary N) is 1. The largest absolute Gasteiger partial charge is 0.271 e. The van der Waals surface area contributed by atoms with E-state index in [1.807, 2.05) is 11.4 Å². The van der Waals surface area contributed by atoms with Crippen LogP contribution in [0.3, 0.4) is 0 Å². The van der Waals surface area contributed by atoms with Gasteiger partial charge in [-0.2, -0.15) is 0 Å². The highest BCUT2D eigenvalue weighted by atomic mass is 79.9. The second-order valence-electron chi connectivity index (χ2n) is 4.96. The summed E-state index contributed by atoms with van der Waals surface area (Å²) in [6, 6.07) is 8.53. The van der Waals surface area contributed by atoms with Crippen LogP contribution in [0.25, 0.3) is 0 Å². The normalized spacial score (nSPS) is 13.5. The lowest BCUT2D eigenvalue weighted by Crippen LogP contribution is -2.40. The molecule has 1 aromatic carbocycles. The van der Waals surface area contributed by atoms with Crippen LogP contribution in [0.4, 0.5) is 4.39 Å². The van der Waals surface area contributed by atoms with Gasteiger partial charge >= 0.3 is 0 Å². The third kappa shape index (κ3) is 2.89. The summed E-state index contributed by atoms with van der Waals surface area (Å²) in [7, 11) is 0. The number of rotatable bonds is 4. The van der Waals surface area contributed by atoms with E-state index in [2.05, 4.69) is 35.2 Å². The average Bonchev–Trinajstić information content (AvgIpc) is 2.77. The first kappa shape index (κ1) is 14.7. The minimum atomic E-state index is -0.254. The number of hydrogen-bond acceptors (Lipinski definition) is 3. The smallest absolute Gasteiger partial charge is 0.123 e. The molecule has 0 saturated heterocycles. The lowest BCUT2D eigenvalue weighted by molar-refractivity contribution is 0.356. The topological polar surface area (TPSA) is 38.0 Å². The number of nitrogens with one attached hydrogen (secondary N) is 1. The standard InChI is InChI=1S/C14H16BrFN2S/c1-14(2,9-3-5-10(16)6-4-9)13(18-17)12-11(15)7-8-19-12/h3-8,13,18H,17H2,1-2H3. The van der Waals surface area contributed by atoms with Gasteiger partial charge in [-0.3, -0.25) is 11.3 Å². The lowest BCUT2D eigenvalue weighted by Gasteiger charge is -2.34. The van der Waals surface area contributed by atoms with E-state index in [0.29, 0.717) is 0 Å². The van der Waals surface area contributed by atoms with Crippen LogP contribution in [-0.4, -0.2) is 0 Å². The second-order valence-corrected chi connectivity index (χ2v) is 6.76. The van der Waals surface area contributed by atoms with E-state index in [1.165, 1.54) is 12.1 Å². The van der Waals surface area contributed by atoms with Crippen molar-refractivity contribution in [3.63, 3.8) is 0 Å². The van der Waals surface area contributed by atoms with Crippen LogP contribution in [0.15, 0.2) is 40.2 Å². The molecule has 1 atom stereocenters. The van der Waals surface area contributed by atoms with Crippen molar-refractivity contribution in [2.75, 3.05) is 0 Å². The van der Waals surface area contributed by atoms with E-state index >= 15 is 0 Å². The van der Waals surface area contributed by atoms with Crippen molar-refractivity contribution < 1.29 is 4.39 Å². The molecular weight excluding hydrogens is 327 g/mol. The van der Waals surface area contributed by atoms with Gasteiger partial charge in [0.05, 0.1) is 6.04 Å². The van der Waals surface area contributed by atoms with Gasteiger partial charge in [0.2, 0.25) is 0 Å². The SMILES string of the molecule is CC(C)(c1ccc(F)cc1)C(NN)c1sccc1Br. The van der Waals surface area contributed by atoms with Crippen molar-refractivity contribution in [3.05, 3.63) is 56.4 Å². The molecule has 0 fully saturated rings. The lowest BCUT2D eigenvalue weighted by atomic mass is 9.77. The summed E-state index contributed by atoms with van der Waals surface area (Å²) in [4.78, 5) is 1.14. The van der Waals surface area contributed by atoms with Gasteiger partial charge in [-0.15, -0.1) is 11.3 Å². The summed E-state index contributed by atoms with van der Waals surface area (Å²) in [5.41, 5.74) is 3.67. The maximum absolute atomic E-state index is 13.0. The van der Waals surface area contributed by atoms with Crippen LogP contribution in [0.5, 0.6) is 0 Å². The molecule has 3 N–H and O–H groups in total. The zero-order valence-electron chi connectivity index (χ0n) is 10.8. The first-order valence-electron chi connectivity index (χ1n) is 5.92. The third-order valence-electron chi connectivity index (χ3n) is 3.38. The molecule has 2 rings (SSSR count). The van der Waals surface area contributed by atoms with Crippen LogP contribution >= 0.6 is 27.3 Å². The average molecular weight is 343 g/mol.